The van der Waals surface area contributed by atoms with Gasteiger partial charge in [-0.05, 0) is 19.8 Å². The summed E-state index contributed by atoms with van der Waals surface area (Å²) < 4.78 is 7.32. The summed E-state index contributed by atoms with van der Waals surface area (Å²) in [5.41, 5.74) is 2.12. The van der Waals surface area contributed by atoms with Gasteiger partial charge in [0.2, 0.25) is 0 Å². The van der Waals surface area contributed by atoms with E-state index in [9.17, 15) is 10.2 Å². The molecule has 3 N–H and O–H groups in total. The highest BCUT2D eigenvalue weighted by Gasteiger charge is 2.39. The predicted molar refractivity (Wildman–Crippen MR) is 99.8 cm³/mol. The highest BCUT2D eigenvalue weighted by Crippen LogP contribution is 2.33. The van der Waals surface area contributed by atoms with E-state index in [1.807, 2.05) is 17.8 Å². The van der Waals surface area contributed by atoms with Gasteiger partial charge < -0.3 is 25.1 Å². The second-order valence-electron chi connectivity index (χ2n) is 7.08. The summed E-state index contributed by atoms with van der Waals surface area (Å²) in [5.74, 6) is 0. The van der Waals surface area contributed by atoms with Crippen molar-refractivity contribution < 1.29 is 19.8 Å². The van der Waals surface area contributed by atoms with Crippen molar-refractivity contribution in [3.05, 3.63) is 18.0 Å². The lowest BCUT2D eigenvalue weighted by Gasteiger charge is -2.26. The summed E-state index contributed by atoms with van der Waals surface area (Å²) in [6.07, 6.45) is 5.75. The molecule has 27 heavy (non-hydrogen) atoms. The van der Waals surface area contributed by atoms with Crippen molar-refractivity contribution in [2.24, 2.45) is 5.16 Å². The van der Waals surface area contributed by atoms with E-state index in [1.165, 1.54) is 0 Å². The van der Waals surface area contributed by atoms with E-state index in [2.05, 4.69) is 20.6 Å². The second-order valence-corrected chi connectivity index (χ2v) is 7.08. The van der Waals surface area contributed by atoms with Gasteiger partial charge in [0, 0.05) is 44.0 Å². The summed E-state index contributed by atoms with van der Waals surface area (Å²) in [7, 11) is 0. The number of aliphatic hydroxyl groups excluding tert-OH is 2. The number of oxime groups is 1. The molecule has 0 unspecified atom stereocenters. The van der Waals surface area contributed by atoms with Crippen LogP contribution >= 0.6 is 0 Å². The Morgan fingerprint density at radius 1 is 1.26 bits per heavy atom. The fraction of sp³-hybridized carbons (Fsp3) is 0.611. The standard InChI is InChI=1S/C18H25N5O4/c1-2-23-17-14(9-20-23)16(21-12-3-5-26-6-4-12)13(8-19-17)15-7-18(10-24,11-25)27-22-15/h8-9,12,24-25H,2-7,10-11H2,1H3,(H,19,21). The first-order valence-corrected chi connectivity index (χ1v) is 9.35. The van der Waals surface area contributed by atoms with Crippen LogP contribution in [0.15, 0.2) is 17.5 Å². The number of aromatic nitrogens is 3. The molecule has 0 saturated carbocycles. The minimum Gasteiger partial charge on any atom is -0.392 e. The number of anilines is 1. The summed E-state index contributed by atoms with van der Waals surface area (Å²) >= 11 is 0. The first-order chi connectivity index (χ1) is 13.2. The minimum atomic E-state index is -1.08. The average Bonchev–Trinajstić information content (AvgIpc) is 3.34. The normalized spacial score (nSPS) is 19.9. The third kappa shape index (κ3) is 3.26. The molecule has 1 fully saturated rings. The average molecular weight is 375 g/mol. The zero-order valence-corrected chi connectivity index (χ0v) is 15.4. The van der Waals surface area contributed by atoms with Gasteiger partial charge in [0.25, 0.3) is 0 Å². The van der Waals surface area contributed by atoms with E-state index in [-0.39, 0.29) is 19.3 Å². The molecule has 9 heteroatoms. The van der Waals surface area contributed by atoms with Crippen LogP contribution in [0.3, 0.4) is 0 Å². The van der Waals surface area contributed by atoms with Gasteiger partial charge in [0.15, 0.2) is 11.2 Å². The van der Waals surface area contributed by atoms with E-state index in [4.69, 9.17) is 9.57 Å². The molecule has 2 aromatic heterocycles. The largest absolute Gasteiger partial charge is 0.392 e. The molecule has 0 radical (unpaired) electrons. The van der Waals surface area contributed by atoms with Crippen LogP contribution in [0.25, 0.3) is 11.0 Å². The van der Waals surface area contributed by atoms with Crippen LogP contribution in [0.4, 0.5) is 5.69 Å². The fourth-order valence-corrected chi connectivity index (χ4v) is 3.56. The summed E-state index contributed by atoms with van der Waals surface area (Å²) in [6.45, 7) is 3.62. The topological polar surface area (TPSA) is 114 Å². The Kier molecular flexibility index (Phi) is 4.98. The first kappa shape index (κ1) is 18.1. The fourth-order valence-electron chi connectivity index (χ4n) is 3.56. The van der Waals surface area contributed by atoms with Gasteiger partial charge in [-0.1, -0.05) is 5.16 Å². The molecule has 2 aliphatic heterocycles. The highest BCUT2D eigenvalue weighted by molar-refractivity contribution is 6.10. The molecule has 0 aliphatic carbocycles. The van der Waals surface area contributed by atoms with Crippen molar-refractivity contribution in [2.75, 3.05) is 31.7 Å². The van der Waals surface area contributed by atoms with Crippen LogP contribution in [-0.4, -0.2) is 68.8 Å². The molecule has 4 rings (SSSR count). The van der Waals surface area contributed by atoms with Crippen molar-refractivity contribution in [1.82, 2.24) is 14.8 Å². The SMILES string of the molecule is CCn1ncc2c(NC3CCOCC3)c(C3=NOC(CO)(CO)C3)cnc21. The Balaban J connectivity index is 1.74. The van der Waals surface area contributed by atoms with Crippen LogP contribution in [0.2, 0.25) is 0 Å². The van der Waals surface area contributed by atoms with Crippen LogP contribution in [0.5, 0.6) is 0 Å². The van der Waals surface area contributed by atoms with Crippen molar-refractivity contribution in [1.29, 1.82) is 0 Å². The number of rotatable bonds is 6. The number of ether oxygens (including phenoxy) is 1. The van der Waals surface area contributed by atoms with Crippen molar-refractivity contribution >= 4 is 22.4 Å². The first-order valence-electron chi connectivity index (χ1n) is 9.35. The zero-order valence-electron chi connectivity index (χ0n) is 15.4. The number of nitrogens with one attached hydrogen (secondary N) is 1. The van der Waals surface area contributed by atoms with Crippen LogP contribution in [-0.2, 0) is 16.1 Å². The number of nitrogens with zero attached hydrogens (tertiary/aromatic N) is 4. The molecule has 2 aliphatic rings. The number of aliphatic hydroxyl groups is 2. The van der Waals surface area contributed by atoms with E-state index in [0.717, 1.165) is 54.9 Å². The van der Waals surface area contributed by atoms with Gasteiger partial charge in [-0.3, -0.25) is 0 Å². The van der Waals surface area contributed by atoms with E-state index < -0.39 is 5.60 Å². The van der Waals surface area contributed by atoms with Gasteiger partial charge in [0.1, 0.15) is 0 Å². The van der Waals surface area contributed by atoms with E-state index in [1.54, 1.807) is 6.20 Å². The molecular weight excluding hydrogens is 350 g/mol. The number of hydrogen-bond acceptors (Lipinski definition) is 8. The van der Waals surface area contributed by atoms with Gasteiger partial charge in [-0.15, -0.1) is 0 Å². The third-order valence-electron chi connectivity index (χ3n) is 5.26. The molecule has 9 nitrogen and oxygen atoms in total. The number of aryl methyl sites for hydroxylation is 1. The monoisotopic (exact) mass is 375 g/mol. The van der Waals surface area contributed by atoms with Crippen molar-refractivity contribution in [3.8, 4) is 0 Å². The number of pyridine rings is 1. The quantitative estimate of drug-likeness (QED) is 0.687. The smallest absolute Gasteiger partial charge is 0.188 e. The summed E-state index contributed by atoms with van der Waals surface area (Å²) in [5, 5.41) is 32.4. The predicted octanol–water partition coefficient (Wildman–Crippen LogP) is 0.890. The molecule has 0 amide bonds. The van der Waals surface area contributed by atoms with Crippen LogP contribution < -0.4 is 5.32 Å². The lowest BCUT2D eigenvalue weighted by molar-refractivity contribution is -0.0878. The Labute approximate surface area is 157 Å². The van der Waals surface area contributed by atoms with E-state index >= 15 is 0 Å². The molecule has 0 bridgehead atoms. The minimum absolute atomic E-state index is 0.288. The van der Waals surface area contributed by atoms with Gasteiger partial charge >= 0.3 is 0 Å². The highest BCUT2D eigenvalue weighted by atomic mass is 16.7. The van der Waals surface area contributed by atoms with Gasteiger partial charge in [-0.25, -0.2) is 9.67 Å². The summed E-state index contributed by atoms with van der Waals surface area (Å²) in [4.78, 5) is 9.97. The Morgan fingerprint density at radius 3 is 2.70 bits per heavy atom. The molecule has 1 saturated heterocycles. The van der Waals surface area contributed by atoms with Gasteiger partial charge in [0.05, 0.1) is 36.2 Å². The molecule has 0 atom stereocenters. The third-order valence-corrected chi connectivity index (χ3v) is 5.26. The Bertz CT molecular complexity index is 840. The lowest BCUT2D eigenvalue weighted by atomic mass is 9.94. The number of fused-ring (bicyclic) bond motifs is 1. The molecular formula is C18H25N5O4. The maximum absolute atomic E-state index is 9.60. The molecule has 0 aromatic carbocycles. The Hall–Kier alpha value is -2.23. The lowest BCUT2D eigenvalue weighted by Crippen LogP contribution is -2.38. The summed E-state index contributed by atoms with van der Waals surface area (Å²) in [6, 6.07) is 0.288. The molecule has 4 heterocycles. The van der Waals surface area contributed by atoms with Crippen molar-refractivity contribution in [3.63, 3.8) is 0 Å². The van der Waals surface area contributed by atoms with E-state index in [0.29, 0.717) is 12.1 Å². The Morgan fingerprint density at radius 2 is 2.04 bits per heavy atom. The molecule has 2 aromatic rings. The maximum Gasteiger partial charge on any atom is 0.188 e. The number of hydrogen-bond donors (Lipinski definition) is 3. The molecule has 146 valence electrons. The van der Waals surface area contributed by atoms with Crippen molar-refractivity contribution in [2.45, 2.75) is 44.4 Å². The van der Waals surface area contributed by atoms with Crippen LogP contribution in [0.1, 0.15) is 31.7 Å². The van der Waals surface area contributed by atoms with Gasteiger partial charge in [-0.2, -0.15) is 5.10 Å². The zero-order chi connectivity index (χ0) is 18.9. The molecule has 0 spiro atoms. The van der Waals surface area contributed by atoms with Crippen LogP contribution in [0, 0.1) is 0 Å². The maximum atomic E-state index is 9.60. The second kappa shape index (κ2) is 7.41.